The largest absolute Gasteiger partial charge is 0.451 e. The third-order valence-electron chi connectivity index (χ3n) is 5.25. The van der Waals surface area contributed by atoms with Crippen LogP contribution in [0.1, 0.15) is 17.5 Å². The van der Waals surface area contributed by atoms with Gasteiger partial charge in [0.05, 0.1) is 11.4 Å². The standard InChI is InChI=1S/C24H23N5O4S/c1-14-8-9-15(2)17(10-14)19-13-34-24(26-19)27-21(30)12-33-23(32)18-11-20(22(25)31)29(28-18)16-6-4-3-5-7-16/h3-10,13,20H,11-12H2,1-2H3,(H2,25,31)(H,26,27,30)/t20-/m0/s1. The highest BCUT2D eigenvalue weighted by Gasteiger charge is 2.35. The Hall–Kier alpha value is -4.05. The molecule has 3 aromatic rings. The Balaban J connectivity index is 1.36. The van der Waals surface area contributed by atoms with E-state index >= 15 is 0 Å². The van der Waals surface area contributed by atoms with Crippen LogP contribution in [0.5, 0.6) is 0 Å². The minimum atomic E-state index is -0.808. The molecular formula is C24H23N5O4S. The summed E-state index contributed by atoms with van der Waals surface area (Å²) in [5, 5.41) is 10.5. The Bertz CT molecular complexity index is 1270. The molecule has 2 heterocycles. The number of hydrogen-bond acceptors (Lipinski definition) is 8. The van der Waals surface area contributed by atoms with Gasteiger partial charge in [-0.05, 0) is 37.6 Å². The van der Waals surface area contributed by atoms with Gasteiger partial charge in [0.1, 0.15) is 11.8 Å². The first-order chi connectivity index (χ1) is 16.3. The predicted octanol–water partition coefficient (Wildman–Crippen LogP) is 3.03. The zero-order valence-corrected chi connectivity index (χ0v) is 19.5. The lowest BCUT2D eigenvalue weighted by molar-refractivity contribution is -0.140. The van der Waals surface area contributed by atoms with Gasteiger partial charge in [0.2, 0.25) is 5.91 Å². The van der Waals surface area contributed by atoms with Crippen LogP contribution in [0.3, 0.4) is 0 Å². The van der Waals surface area contributed by atoms with Crippen LogP contribution >= 0.6 is 11.3 Å². The van der Waals surface area contributed by atoms with Crippen molar-refractivity contribution >= 4 is 45.7 Å². The van der Waals surface area contributed by atoms with Crippen LogP contribution in [0, 0.1) is 13.8 Å². The number of benzene rings is 2. The first kappa shape index (κ1) is 23.1. The van der Waals surface area contributed by atoms with E-state index in [2.05, 4.69) is 15.4 Å². The molecule has 2 amide bonds. The fourth-order valence-corrected chi connectivity index (χ4v) is 4.24. The zero-order chi connectivity index (χ0) is 24.2. The number of rotatable bonds is 7. The van der Waals surface area contributed by atoms with E-state index in [1.165, 1.54) is 16.3 Å². The number of aryl methyl sites for hydroxylation is 2. The number of hydrogen-bond donors (Lipinski definition) is 2. The number of anilines is 2. The minimum Gasteiger partial charge on any atom is -0.451 e. The molecule has 0 spiro atoms. The molecule has 1 atom stereocenters. The minimum absolute atomic E-state index is 0.00361. The molecule has 1 aliphatic heterocycles. The van der Waals surface area contributed by atoms with Gasteiger partial charge in [-0.1, -0.05) is 35.9 Å². The van der Waals surface area contributed by atoms with Crippen molar-refractivity contribution in [3.63, 3.8) is 0 Å². The van der Waals surface area contributed by atoms with E-state index in [0.717, 1.165) is 22.4 Å². The Kier molecular flexibility index (Phi) is 6.69. The lowest BCUT2D eigenvalue weighted by Gasteiger charge is -2.20. The Morgan fingerprint density at radius 3 is 2.68 bits per heavy atom. The van der Waals surface area contributed by atoms with E-state index in [1.54, 1.807) is 24.3 Å². The van der Waals surface area contributed by atoms with Crippen molar-refractivity contribution in [3.8, 4) is 11.3 Å². The smallest absolute Gasteiger partial charge is 0.355 e. The molecule has 0 bridgehead atoms. The predicted molar refractivity (Wildman–Crippen MR) is 131 cm³/mol. The number of aromatic nitrogens is 1. The highest BCUT2D eigenvalue weighted by Crippen LogP contribution is 2.28. The number of ether oxygens (including phenoxy) is 1. The molecule has 0 saturated carbocycles. The molecule has 4 rings (SSSR count). The van der Waals surface area contributed by atoms with Gasteiger partial charge in [0.15, 0.2) is 11.7 Å². The number of carbonyl (C=O) groups excluding carboxylic acids is 3. The SMILES string of the molecule is Cc1ccc(C)c(-c2csc(NC(=O)COC(=O)C3=NN(c4ccccc4)[C@H](C(N)=O)C3)n2)c1. The molecule has 0 unspecified atom stereocenters. The summed E-state index contributed by atoms with van der Waals surface area (Å²) in [5.41, 5.74) is 10.1. The van der Waals surface area contributed by atoms with Crippen LogP contribution in [0.2, 0.25) is 0 Å². The van der Waals surface area contributed by atoms with Crippen molar-refractivity contribution in [1.82, 2.24) is 4.98 Å². The summed E-state index contributed by atoms with van der Waals surface area (Å²) < 4.78 is 5.11. The summed E-state index contributed by atoms with van der Waals surface area (Å²) in [5.74, 6) is -1.92. The second-order valence-corrected chi connectivity index (χ2v) is 8.69. The highest BCUT2D eigenvalue weighted by molar-refractivity contribution is 7.14. The summed E-state index contributed by atoms with van der Waals surface area (Å²) >= 11 is 1.28. The van der Waals surface area contributed by atoms with Gasteiger partial charge < -0.3 is 10.5 Å². The molecule has 0 fully saturated rings. The molecule has 1 aromatic heterocycles. The first-order valence-electron chi connectivity index (χ1n) is 10.5. The van der Waals surface area contributed by atoms with Crippen molar-refractivity contribution in [1.29, 1.82) is 0 Å². The number of esters is 1. The maximum absolute atomic E-state index is 12.5. The molecule has 34 heavy (non-hydrogen) atoms. The molecule has 0 saturated heterocycles. The number of nitrogens with two attached hydrogens (primary N) is 1. The van der Waals surface area contributed by atoms with Gasteiger partial charge in [0, 0.05) is 17.4 Å². The van der Waals surface area contributed by atoms with E-state index in [1.807, 2.05) is 43.5 Å². The second-order valence-electron chi connectivity index (χ2n) is 7.83. The maximum Gasteiger partial charge on any atom is 0.355 e. The van der Waals surface area contributed by atoms with Crippen molar-refractivity contribution in [2.75, 3.05) is 16.9 Å². The van der Waals surface area contributed by atoms with Crippen LogP contribution in [-0.2, 0) is 19.1 Å². The maximum atomic E-state index is 12.5. The van der Waals surface area contributed by atoms with Crippen LogP contribution in [-0.4, -0.2) is 41.1 Å². The molecular weight excluding hydrogens is 454 g/mol. The van der Waals surface area contributed by atoms with E-state index in [0.29, 0.717) is 10.8 Å². The molecule has 0 aliphatic carbocycles. The average Bonchev–Trinajstić information content (AvgIpc) is 3.47. The zero-order valence-electron chi connectivity index (χ0n) is 18.6. The summed E-state index contributed by atoms with van der Waals surface area (Å²) in [6, 6.07) is 14.2. The molecule has 2 aromatic carbocycles. The lowest BCUT2D eigenvalue weighted by atomic mass is 10.0. The Morgan fingerprint density at radius 2 is 1.94 bits per heavy atom. The van der Waals surface area contributed by atoms with Crippen LogP contribution in [0.15, 0.2) is 59.0 Å². The fourth-order valence-electron chi connectivity index (χ4n) is 3.51. The van der Waals surface area contributed by atoms with E-state index in [9.17, 15) is 14.4 Å². The second kappa shape index (κ2) is 9.84. The third-order valence-corrected chi connectivity index (χ3v) is 6.01. The Labute approximate surface area is 200 Å². The van der Waals surface area contributed by atoms with Crippen molar-refractivity contribution < 1.29 is 19.1 Å². The van der Waals surface area contributed by atoms with E-state index in [-0.39, 0.29) is 12.1 Å². The number of amides is 2. The van der Waals surface area contributed by atoms with Gasteiger partial charge in [-0.3, -0.25) is 19.9 Å². The van der Waals surface area contributed by atoms with E-state index < -0.39 is 30.4 Å². The van der Waals surface area contributed by atoms with E-state index in [4.69, 9.17) is 10.5 Å². The highest BCUT2D eigenvalue weighted by atomic mass is 32.1. The number of para-hydroxylation sites is 1. The van der Waals surface area contributed by atoms with Gasteiger partial charge in [0.25, 0.3) is 5.91 Å². The summed E-state index contributed by atoms with van der Waals surface area (Å²) in [6.45, 7) is 3.49. The quantitative estimate of drug-likeness (QED) is 0.504. The molecule has 1 aliphatic rings. The van der Waals surface area contributed by atoms with Gasteiger partial charge >= 0.3 is 5.97 Å². The van der Waals surface area contributed by atoms with Crippen molar-refractivity contribution in [2.24, 2.45) is 10.8 Å². The lowest BCUT2D eigenvalue weighted by Crippen LogP contribution is -2.39. The van der Waals surface area contributed by atoms with Crippen LogP contribution in [0.25, 0.3) is 11.3 Å². The molecule has 10 heteroatoms. The topological polar surface area (TPSA) is 127 Å². The number of nitrogens with zero attached hydrogens (tertiary/aromatic N) is 3. The Morgan fingerprint density at radius 1 is 1.18 bits per heavy atom. The van der Waals surface area contributed by atoms with Gasteiger partial charge in [-0.25, -0.2) is 9.78 Å². The van der Waals surface area contributed by atoms with Gasteiger partial charge in [-0.15, -0.1) is 11.3 Å². The number of hydrazone groups is 1. The third kappa shape index (κ3) is 5.12. The molecule has 9 nitrogen and oxygen atoms in total. The molecule has 0 radical (unpaired) electrons. The normalized spacial score (nSPS) is 15.1. The summed E-state index contributed by atoms with van der Waals surface area (Å²) in [7, 11) is 0. The van der Waals surface area contributed by atoms with Crippen LogP contribution < -0.4 is 16.1 Å². The summed E-state index contributed by atoms with van der Waals surface area (Å²) in [6.07, 6.45) is -0.00361. The number of thiazole rings is 1. The van der Waals surface area contributed by atoms with Crippen LogP contribution in [0.4, 0.5) is 10.8 Å². The summed E-state index contributed by atoms with van der Waals surface area (Å²) in [4.78, 5) is 41.1. The molecule has 3 N–H and O–H groups in total. The first-order valence-corrected chi connectivity index (χ1v) is 11.4. The monoisotopic (exact) mass is 477 g/mol. The number of nitrogens with one attached hydrogen (secondary N) is 1. The fraction of sp³-hybridized carbons (Fsp3) is 0.208. The number of carbonyl (C=O) groups is 3. The average molecular weight is 478 g/mol. The van der Waals surface area contributed by atoms with Gasteiger partial charge in [-0.2, -0.15) is 5.10 Å². The molecule has 174 valence electrons. The number of primary amides is 1. The van der Waals surface area contributed by atoms with Crippen molar-refractivity contribution in [2.45, 2.75) is 26.3 Å². The van der Waals surface area contributed by atoms with Crippen molar-refractivity contribution in [3.05, 3.63) is 65.0 Å².